The van der Waals surface area contributed by atoms with Crippen LogP contribution in [0.1, 0.15) is 30.7 Å². The maximum absolute atomic E-state index is 12.8. The van der Waals surface area contributed by atoms with Crippen LogP contribution < -0.4 is 0 Å². The largest absolute Gasteiger partial charge is 0.360 e. The number of sulfonamides is 1. The van der Waals surface area contributed by atoms with Gasteiger partial charge in [-0.3, -0.25) is 4.79 Å². The van der Waals surface area contributed by atoms with Crippen molar-refractivity contribution in [1.82, 2.24) is 14.4 Å². The Hall–Kier alpha value is -1.67. The number of allylic oxidation sites excluding steroid dienone is 2. The van der Waals surface area contributed by atoms with E-state index in [9.17, 15) is 13.2 Å². The second kappa shape index (κ2) is 6.68. The average Bonchev–Trinajstić information content (AvgIpc) is 3.17. The molecule has 1 aliphatic carbocycles. The van der Waals surface area contributed by atoms with Gasteiger partial charge < -0.3 is 9.42 Å². The highest BCUT2D eigenvalue weighted by Crippen LogP contribution is 2.25. The van der Waals surface area contributed by atoms with Crippen LogP contribution in [0.3, 0.4) is 0 Å². The molecule has 0 saturated carbocycles. The summed E-state index contributed by atoms with van der Waals surface area (Å²) >= 11 is 0. The number of carbonyl (C=O) groups excluding carboxylic acids is 1. The highest BCUT2D eigenvalue weighted by Gasteiger charge is 2.34. The van der Waals surface area contributed by atoms with Gasteiger partial charge in [0.1, 0.15) is 10.6 Å². The van der Waals surface area contributed by atoms with Crippen LogP contribution in [0, 0.1) is 19.8 Å². The van der Waals surface area contributed by atoms with Crippen LogP contribution in [0.15, 0.2) is 21.6 Å². The Morgan fingerprint density at radius 1 is 1.29 bits per heavy atom. The first-order chi connectivity index (χ1) is 11.4. The molecular weight excluding hydrogens is 330 g/mol. The number of hydrogen-bond donors (Lipinski definition) is 0. The number of carbonyl (C=O) groups is 1. The molecule has 1 saturated heterocycles. The summed E-state index contributed by atoms with van der Waals surface area (Å²) in [5.74, 6) is 0.751. The zero-order valence-electron chi connectivity index (χ0n) is 14.1. The molecule has 1 amide bonds. The fourth-order valence-electron chi connectivity index (χ4n) is 3.37. The van der Waals surface area contributed by atoms with Gasteiger partial charge >= 0.3 is 0 Å². The van der Waals surface area contributed by atoms with Gasteiger partial charge in [-0.15, -0.1) is 0 Å². The van der Waals surface area contributed by atoms with E-state index in [4.69, 9.17) is 4.52 Å². The van der Waals surface area contributed by atoms with E-state index in [0.717, 1.165) is 12.8 Å². The van der Waals surface area contributed by atoms with Gasteiger partial charge in [0.05, 0.1) is 0 Å². The third-order valence-electron chi connectivity index (χ3n) is 4.71. The monoisotopic (exact) mass is 353 g/mol. The van der Waals surface area contributed by atoms with Crippen molar-refractivity contribution in [2.45, 2.75) is 38.0 Å². The summed E-state index contributed by atoms with van der Waals surface area (Å²) in [4.78, 5) is 14.3. The number of amides is 1. The maximum Gasteiger partial charge on any atom is 0.248 e. The first kappa shape index (κ1) is 17.2. The molecule has 0 spiro atoms. The molecule has 8 heteroatoms. The van der Waals surface area contributed by atoms with E-state index in [1.807, 2.05) is 0 Å². The normalized spacial score (nSPS) is 22.2. The lowest BCUT2D eigenvalue weighted by atomic mass is 10.0. The van der Waals surface area contributed by atoms with Gasteiger partial charge in [-0.05, 0) is 32.6 Å². The second-order valence-corrected chi connectivity index (χ2v) is 8.28. The van der Waals surface area contributed by atoms with Gasteiger partial charge in [-0.1, -0.05) is 17.3 Å². The summed E-state index contributed by atoms with van der Waals surface area (Å²) in [6.07, 6.45) is 6.82. The van der Waals surface area contributed by atoms with E-state index in [1.54, 1.807) is 18.7 Å². The summed E-state index contributed by atoms with van der Waals surface area (Å²) in [6.45, 7) is 4.69. The number of piperazine rings is 1. The molecular formula is C16H23N3O4S. The van der Waals surface area contributed by atoms with Gasteiger partial charge in [-0.2, -0.15) is 4.31 Å². The van der Waals surface area contributed by atoms with Crippen molar-refractivity contribution >= 4 is 15.9 Å². The molecule has 0 N–H and O–H groups in total. The van der Waals surface area contributed by atoms with Crippen molar-refractivity contribution in [2.75, 3.05) is 26.2 Å². The maximum atomic E-state index is 12.8. The van der Waals surface area contributed by atoms with E-state index in [-0.39, 0.29) is 10.8 Å². The molecule has 3 rings (SSSR count). The van der Waals surface area contributed by atoms with Crippen molar-refractivity contribution in [3.63, 3.8) is 0 Å². The number of aromatic nitrogens is 1. The molecule has 1 aromatic heterocycles. The molecule has 1 atom stereocenters. The van der Waals surface area contributed by atoms with Crippen molar-refractivity contribution in [3.05, 3.63) is 23.6 Å². The molecule has 1 aromatic rings. The highest BCUT2D eigenvalue weighted by molar-refractivity contribution is 7.89. The van der Waals surface area contributed by atoms with Crippen LogP contribution in [0.5, 0.6) is 0 Å². The molecule has 132 valence electrons. The van der Waals surface area contributed by atoms with Crippen LogP contribution >= 0.6 is 0 Å². The van der Waals surface area contributed by atoms with E-state index in [0.29, 0.717) is 50.0 Å². The third kappa shape index (κ3) is 3.25. The fourth-order valence-corrected chi connectivity index (χ4v) is 5.08. The quantitative estimate of drug-likeness (QED) is 0.766. The molecule has 2 heterocycles. The molecule has 1 fully saturated rings. The van der Waals surface area contributed by atoms with Crippen molar-refractivity contribution in [3.8, 4) is 0 Å². The molecule has 24 heavy (non-hydrogen) atoms. The molecule has 1 aliphatic heterocycles. The predicted octanol–water partition coefficient (Wildman–Crippen LogP) is 1.48. The summed E-state index contributed by atoms with van der Waals surface area (Å²) in [6, 6.07) is 0. The summed E-state index contributed by atoms with van der Waals surface area (Å²) in [5, 5.41) is 3.73. The number of hydrogen-bond acceptors (Lipinski definition) is 5. The predicted molar refractivity (Wildman–Crippen MR) is 87.8 cm³/mol. The van der Waals surface area contributed by atoms with E-state index >= 15 is 0 Å². The number of rotatable bonds is 4. The molecule has 0 radical (unpaired) electrons. The van der Waals surface area contributed by atoms with Crippen LogP contribution in [0.4, 0.5) is 0 Å². The van der Waals surface area contributed by atoms with Crippen LogP contribution in [-0.2, 0) is 14.8 Å². The minimum Gasteiger partial charge on any atom is -0.360 e. The van der Waals surface area contributed by atoms with E-state index < -0.39 is 10.0 Å². The van der Waals surface area contributed by atoms with E-state index in [1.165, 1.54) is 4.31 Å². The molecule has 2 aliphatic rings. The first-order valence-corrected chi connectivity index (χ1v) is 9.71. The standard InChI is InChI=1S/C16H23N3O4S/c1-12-16(13(2)23-17-12)24(21,22)19-9-7-18(8-10-19)15(20)11-14-5-3-4-6-14/h3,5,14H,4,6-11H2,1-2H3. The number of nitrogens with zero attached hydrogens (tertiary/aromatic N) is 3. The van der Waals surface area contributed by atoms with Crippen LogP contribution in [0.25, 0.3) is 0 Å². The molecule has 7 nitrogen and oxygen atoms in total. The lowest BCUT2D eigenvalue weighted by molar-refractivity contribution is -0.133. The Balaban J connectivity index is 1.62. The Labute approximate surface area is 142 Å². The Bertz CT molecular complexity index is 726. The highest BCUT2D eigenvalue weighted by atomic mass is 32.2. The minimum atomic E-state index is -3.62. The van der Waals surface area contributed by atoms with Gasteiger partial charge in [0.15, 0.2) is 5.76 Å². The molecule has 1 unspecified atom stereocenters. The summed E-state index contributed by atoms with van der Waals surface area (Å²) in [7, 11) is -3.62. The van der Waals surface area contributed by atoms with Crippen molar-refractivity contribution in [2.24, 2.45) is 5.92 Å². The molecule has 0 bridgehead atoms. The van der Waals surface area contributed by atoms with Crippen LogP contribution in [0.2, 0.25) is 0 Å². The second-order valence-electron chi connectivity index (χ2n) is 6.41. The smallest absolute Gasteiger partial charge is 0.248 e. The van der Waals surface area contributed by atoms with Crippen molar-refractivity contribution < 1.29 is 17.7 Å². The first-order valence-electron chi connectivity index (χ1n) is 8.27. The third-order valence-corrected chi connectivity index (χ3v) is 6.85. The van der Waals surface area contributed by atoms with E-state index in [2.05, 4.69) is 17.3 Å². The lowest BCUT2D eigenvalue weighted by Crippen LogP contribution is -2.50. The summed E-state index contributed by atoms with van der Waals surface area (Å²) < 4.78 is 31.9. The van der Waals surface area contributed by atoms with Crippen LogP contribution in [-0.4, -0.2) is 54.9 Å². The Morgan fingerprint density at radius 3 is 2.54 bits per heavy atom. The zero-order valence-corrected chi connectivity index (χ0v) is 14.9. The van der Waals surface area contributed by atoms with Gasteiger partial charge in [-0.25, -0.2) is 8.42 Å². The fraction of sp³-hybridized carbons (Fsp3) is 0.625. The Morgan fingerprint density at radius 2 is 2.00 bits per heavy atom. The SMILES string of the molecule is Cc1noc(C)c1S(=O)(=O)N1CCN(C(=O)CC2C=CCC2)CC1. The van der Waals surface area contributed by atoms with Gasteiger partial charge in [0.25, 0.3) is 0 Å². The topological polar surface area (TPSA) is 83.7 Å². The minimum absolute atomic E-state index is 0.112. The lowest BCUT2D eigenvalue weighted by Gasteiger charge is -2.34. The Kier molecular flexibility index (Phi) is 4.78. The van der Waals surface area contributed by atoms with Crippen molar-refractivity contribution in [1.29, 1.82) is 0 Å². The number of aryl methyl sites for hydroxylation is 2. The van der Waals surface area contributed by atoms with Gasteiger partial charge in [0.2, 0.25) is 15.9 Å². The molecule has 0 aromatic carbocycles. The summed E-state index contributed by atoms with van der Waals surface area (Å²) in [5.41, 5.74) is 0.374. The zero-order chi connectivity index (χ0) is 17.3. The average molecular weight is 353 g/mol. The van der Waals surface area contributed by atoms with Gasteiger partial charge in [0, 0.05) is 32.6 Å².